The molecular weight excluding hydrogens is 332 g/mol. The first-order valence-electron chi connectivity index (χ1n) is 7.66. The third kappa shape index (κ3) is 4.69. The normalized spacial score (nSPS) is 16.2. The summed E-state index contributed by atoms with van der Waals surface area (Å²) in [5, 5.41) is 5.25. The van der Waals surface area contributed by atoms with Crippen LogP contribution in [0.25, 0.3) is 0 Å². The highest BCUT2D eigenvalue weighted by Crippen LogP contribution is 2.15. The van der Waals surface area contributed by atoms with Crippen LogP contribution in [-0.4, -0.2) is 35.3 Å². The van der Waals surface area contributed by atoms with E-state index in [4.69, 9.17) is 5.73 Å². The minimum Gasteiger partial charge on any atom is -0.329 e. The number of imide groups is 1. The summed E-state index contributed by atoms with van der Waals surface area (Å²) >= 11 is 0. The molecule has 0 saturated carbocycles. The number of nitrogens with two attached hydrogens (primary N) is 1. The van der Waals surface area contributed by atoms with Crippen molar-refractivity contribution in [2.24, 2.45) is 11.7 Å². The standard InChI is InChI=1S/C16H22N4O3.ClH/c1-3-10(2)14(17)15(22)19-12-6-4-5-11(7-12)9-20-13(21)8-18-16(20)23;/h4-7,10,14H,3,8-9,17H2,1-2H3,(H,18,23)(H,19,22);1H. The highest BCUT2D eigenvalue weighted by molar-refractivity contribution is 6.01. The van der Waals surface area contributed by atoms with Crippen LogP contribution in [0.2, 0.25) is 0 Å². The van der Waals surface area contributed by atoms with Gasteiger partial charge in [0.2, 0.25) is 11.8 Å². The number of hydrogen-bond donors (Lipinski definition) is 3. The molecule has 2 unspecified atom stereocenters. The van der Waals surface area contributed by atoms with Crippen LogP contribution in [0.15, 0.2) is 24.3 Å². The Hall–Kier alpha value is -2.12. The number of halogens is 1. The fourth-order valence-corrected chi connectivity index (χ4v) is 2.28. The molecule has 8 heteroatoms. The minimum absolute atomic E-state index is 0. The van der Waals surface area contributed by atoms with E-state index >= 15 is 0 Å². The molecule has 1 saturated heterocycles. The van der Waals surface area contributed by atoms with Gasteiger partial charge in [-0.2, -0.15) is 0 Å². The van der Waals surface area contributed by atoms with Crippen LogP contribution >= 0.6 is 12.4 Å². The zero-order chi connectivity index (χ0) is 17.0. The summed E-state index contributed by atoms with van der Waals surface area (Å²) in [4.78, 5) is 36.4. The van der Waals surface area contributed by atoms with Gasteiger partial charge in [-0.1, -0.05) is 32.4 Å². The number of amides is 4. The number of benzene rings is 1. The second-order valence-corrected chi connectivity index (χ2v) is 5.74. The molecule has 2 atom stereocenters. The van der Waals surface area contributed by atoms with Gasteiger partial charge in [0.05, 0.1) is 19.1 Å². The van der Waals surface area contributed by atoms with Crippen molar-refractivity contribution in [3.05, 3.63) is 29.8 Å². The Morgan fingerprint density at radius 3 is 2.71 bits per heavy atom. The molecule has 1 aromatic rings. The second kappa shape index (κ2) is 8.65. The average molecular weight is 355 g/mol. The SMILES string of the molecule is CCC(C)C(N)C(=O)Nc1cccc(CN2C(=O)CNC2=O)c1.Cl. The number of rotatable bonds is 6. The summed E-state index contributed by atoms with van der Waals surface area (Å²) in [5.74, 6) is -0.418. The molecule has 7 nitrogen and oxygen atoms in total. The van der Waals surface area contributed by atoms with Crippen molar-refractivity contribution in [2.75, 3.05) is 11.9 Å². The van der Waals surface area contributed by atoms with Gasteiger partial charge < -0.3 is 16.4 Å². The Morgan fingerprint density at radius 2 is 2.12 bits per heavy atom. The van der Waals surface area contributed by atoms with Crippen molar-refractivity contribution in [2.45, 2.75) is 32.9 Å². The first kappa shape index (κ1) is 19.9. The van der Waals surface area contributed by atoms with Gasteiger partial charge in [-0.15, -0.1) is 12.4 Å². The summed E-state index contributed by atoms with van der Waals surface area (Å²) in [6.45, 7) is 4.11. The lowest BCUT2D eigenvalue weighted by atomic mass is 9.99. The lowest BCUT2D eigenvalue weighted by Gasteiger charge is -2.18. The molecule has 0 radical (unpaired) electrons. The fraction of sp³-hybridized carbons (Fsp3) is 0.438. The first-order valence-corrected chi connectivity index (χ1v) is 7.66. The van der Waals surface area contributed by atoms with E-state index in [0.29, 0.717) is 5.69 Å². The van der Waals surface area contributed by atoms with E-state index < -0.39 is 12.1 Å². The molecule has 0 bridgehead atoms. The summed E-state index contributed by atoms with van der Waals surface area (Å²) in [5.41, 5.74) is 7.26. The number of hydrogen-bond acceptors (Lipinski definition) is 4. The third-order valence-electron chi connectivity index (χ3n) is 4.03. The van der Waals surface area contributed by atoms with E-state index in [9.17, 15) is 14.4 Å². The van der Waals surface area contributed by atoms with Crippen molar-refractivity contribution in [3.63, 3.8) is 0 Å². The molecule has 2 rings (SSSR count). The summed E-state index contributed by atoms with van der Waals surface area (Å²) in [7, 11) is 0. The predicted molar refractivity (Wildman–Crippen MR) is 93.7 cm³/mol. The van der Waals surface area contributed by atoms with Crippen molar-refractivity contribution >= 4 is 35.9 Å². The van der Waals surface area contributed by atoms with Crippen LogP contribution in [-0.2, 0) is 16.1 Å². The second-order valence-electron chi connectivity index (χ2n) is 5.74. The van der Waals surface area contributed by atoms with Crippen LogP contribution in [0.1, 0.15) is 25.8 Å². The number of anilines is 1. The molecule has 1 aliphatic rings. The topological polar surface area (TPSA) is 105 Å². The molecule has 1 aliphatic heterocycles. The predicted octanol–water partition coefficient (Wildman–Crippen LogP) is 1.47. The number of carbonyl (C=O) groups excluding carboxylic acids is 3. The van der Waals surface area contributed by atoms with Crippen LogP contribution in [0.3, 0.4) is 0 Å². The minimum atomic E-state index is -0.574. The molecule has 0 aliphatic carbocycles. The van der Waals surface area contributed by atoms with Crippen LogP contribution in [0, 0.1) is 5.92 Å². The van der Waals surface area contributed by atoms with Crippen molar-refractivity contribution in [3.8, 4) is 0 Å². The third-order valence-corrected chi connectivity index (χ3v) is 4.03. The lowest BCUT2D eigenvalue weighted by molar-refractivity contribution is -0.125. The van der Waals surface area contributed by atoms with Gasteiger partial charge >= 0.3 is 6.03 Å². The van der Waals surface area contributed by atoms with Crippen LogP contribution in [0.5, 0.6) is 0 Å². The van der Waals surface area contributed by atoms with E-state index in [-0.39, 0.29) is 43.2 Å². The summed E-state index contributed by atoms with van der Waals surface area (Å²) in [6.07, 6.45) is 0.820. The highest BCUT2D eigenvalue weighted by atomic mass is 35.5. The van der Waals surface area contributed by atoms with Gasteiger partial charge in [-0.25, -0.2) is 4.79 Å². The van der Waals surface area contributed by atoms with Crippen molar-refractivity contribution in [1.29, 1.82) is 0 Å². The largest absolute Gasteiger partial charge is 0.329 e. The van der Waals surface area contributed by atoms with Crippen LogP contribution < -0.4 is 16.4 Å². The number of carbonyl (C=O) groups is 3. The van der Waals surface area contributed by atoms with E-state index in [1.165, 1.54) is 0 Å². The van der Waals surface area contributed by atoms with Gasteiger partial charge in [-0.05, 0) is 23.6 Å². The summed E-state index contributed by atoms with van der Waals surface area (Å²) < 4.78 is 0. The number of nitrogens with zero attached hydrogens (tertiary/aromatic N) is 1. The van der Waals surface area contributed by atoms with Crippen molar-refractivity contribution in [1.82, 2.24) is 10.2 Å². The maximum Gasteiger partial charge on any atom is 0.324 e. The molecular formula is C16H23ClN4O3. The molecule has 4 N–H and O–H groups in total. The quantitative estimate of drug-likeness (QED) is 0.673. The number of urea groups is 1. The van der Waals surface area contributed by atoms with Gasteiger partial charge in [0.15, 0.2) is 0 Å². The Bertz CT molecular complexity index is 607. The van der Waals surface area contributed by atoms with E-state index in [0.717, 1.165) is 16.9 Å². The van der Waals surface area contributed by atoms with Crippen molar-refractivity contribution < 1.29 is 14.4 Å². The Balaban J connectivity index is 0.00000288. The van der Waals surface area contributed by atoms with Gasteiger partial charge in [0, 0.05) is 5.69 Å². The fourth-order valence-electron chi connectivity index (χ4n) is 2.28. The number of nitrogens with one attached hydrogen (secondary N) is 2. The van der Waals surface area contributed by atoms with Gasteiger partial charge in [0.1, 0.15) is 0 Å². The monoisotopic (exact) mass is 354 g/mol. The molecule has 0 spiro atoms. The average Bonchev–Trinajstić information content (AvgIpc) is 2.85. The molecule has 1 heterocycles. The zero-order valence-corrected chi connectivity index (χ0v) is 14.6. The molecule has 1 aromatic carbocycles. The van der Waals surface area contributed by atoms with Gasteiger partial charge in [0.25, 0.3) is 0 Å². The smallest absolute Gasteiger partial charge is 0.324 e. The maximum atomic E-state index is 12.1. The van der Waals surface area contributed by atoms with Crippen LogP contribution in [0.4, 0.5) is 10.5 Å². The van der Waals surface area contributed by atoms with Gasteiger partial charge in [-0.3, -0.25) is 14.5 Å². The molecule has 0 aromatic heterocycles. The Morgan fingerprint density at radius 1 is 1.42 bits per heavy atom. The molecule has 4 amide bonds. The van der Waals surface area contributed by atoms with E-state index in [1.807, 2.05) is 13.8 Å². The Labute approximate surface area is 147 Å². The zero-order valence-electron chi connectivity index (χ0n) is 13.7. The Kier molecular flexibility index (Phi) is 7.18. The molecule has 1 fully saturated rings. The first-order chi connectivity index (χ1) is 10.9. The molecule has 24 heavy (non-hydrogen) atoms. The summed E-state index contributed by atoms with van der Waals surface area (Å²) in [6, 6.07) is 6.07. The highest BCUT2D eigenvalue weighted by Gasteiger charge is 2.28. The lowest BCUT2D eigenvalue weighted by Crippen LogP contribution is -2.40. The maximum absolute atomic E-state index is 12.1. The van der Waals surface area contributed by atoms with E-state index in [2.05, 4.69) is 10.6 Å². The molecule has 132 valence electrons. The van der Waals surface area contributed by atoms with E-state index in [1.54, 1.807) is 24.3 Å².